The van der Waals surface area contributed by atoms with E-state index < -0.39 is 10.0 Å². The molecule has 0 spiro atoms. The van der Waals surface area contributed by atoms with Crippen LogP contribution in [0.15, 0.2) is 36.5 Å². The van der Waals surface area contributed by atoms with Gasteiger partial charge in [0.05, 0.1) is 17.5 Å². The summed E-state index contributed by atoms with van der Waals surface area (Å²) in [5, 5.41) is 2.94. The molecular weight excluding hydrogens is 390 g/mol. The normalized spacial score (nSPS) is 17.3. The Labute approximate surface area is 172 Å². The van der Waals surface area contributed by atoms with Gasteiger partial charge in [-0.25, -0.2) is 22.7 Å². The maximum Gasteiger partial charge on any atom is 0.254 e. The number of hydrogen-bond donors (Lipinski definition) is 1. The van der Waals surface area contributed by atoms with Gasteiger partial charge in [-0.1, -0.05) is 30.3 Å². The molecule has 1 aliphatic rings. The van der Waals surface area contributed by atoms with Crippen LogP contribution in [0.5, 0.6) is 0 Å². The standard InChI is InChI=1S/C20H27N5O3S/c1-24(2)20-22-13-17(19(26)21-11-9-15-7-5-4-6-8-15)18(23-20)16-10-12-25(14-16)29(3,27)28/h4-8,13,16H,9-12,14H2,1-3H3,(H,21,26). The van der Waals surface area contributed by atoms with Crippen LogP contribution < -0.4 is 10.2 Å². The molecule has 0 bridgehead atoms. The van der Waals surface area contributed by atoms with Crippen molar-refractivity contribution in [2.75, 3.05) is 44.9 Å². The summed E-state index contributed by atoms with van der Waals surface area (Å²) in [6.07, 6.45) is 4.10. The van der Waals surface area contributed by atoms with Gasteiger partial charge < -0.3 is 10.2 Å². The molecule has 29 heavy (non-hydrogen) atoms. The lowest BCUT2D eigenvalue weighted by atomic mass is 10.00. The molecule has 1 unspecified atom stereocenters. The molecule has 3 rings (SSSR count). The second-order valence-electron chi connectivity index (χ2n) is 7.46. The van der Waals surface area contributed by atoms with Crippen molar-refractivity contribution in [2.24, 2.45) is 0 Å². The molecule has 1 atom stereocenters. The fourth-order valence-electron chi connectivity index (χ4n) is 3.40. The molecule has 0 radical (unpaired) electrons. The maximum atomic E-state index is 12.8. The summed E-state index contributed by atoms with van der Waals surface area (Å²) in [5.41, 5.74) is 2.16. The van der Waals surface area contributed by atoms with E-state index >= 15 is 0 Å². The lowest BCUT2D eigenvalue weighted by molar-refractivity contribution is 0.0952. The Bertz CT molecular complexity index is 963. The Hall–Kier alpha value is -2.52. The summed E-state index contributed by atoms with van der Waals surface area (Å²) in [6.45, 7) is 1.25. The second-order valence-corrected chi connectivity index (χ2v) is 9.44. The van der Waals surface area contributed by atoms with E-state index in [0.717, 1.165) is 12.0 Å². The van der Waals surface area contributed by atoms with Gasteiger partial charge in [-0.2, -0.15) is 0 Å². The van der Waals surface area contributed by atoms with E-state index in [9.17, 15) is 13.2 Å². The van der Waals surface area contributed by atoms with Crippen LogP contribution >= 0.6 is 0 Å². The highest BCUT2D eigenvalue weighted by molar-refractivity contribution is 7.88. The predicted molar refractivity (Wildman–Crippen MR) is 113 cm³/mol. The van der Waals surface area contributed by atoms with Crippen LogP contribution in [0.25, 0.3) is 0 Å². The third kappa shape index (κ3) is 5.30. The molecule has 8 nitrogen and oxygen atoms in total. The first-order chi connectivity index (χ1) is 13.8. The highest BCUT2D eigenvalue weighted by atomic mass is 32.2. The molecule has 1 N–H and O–H groups in total. The van der Waals surface area contributed by atoms with Gasteiger partial charge in [-0.15, -0.1) is 0 Å². The Kier molecular flexibility index (Phi) is 6.49. The largest absolute Gasteiger partial charge is 0.352 e. The molecule has 0 saturated carbocycles. The van der Waals surface area contributed by atoms with Crippen LogP contribution in [0.4, 0.5) is 5.95 Å². The SMILES string of the molecule is CN(C)c1ncc(C(=O)NCCc2ccccc2)c(C2CCN(S(C)(=O)=O)C2)n1. The molecule has 1 fully saturated rings. The minimum absolute atomic E-state index is 0.138. The minimum Gasteiger partial charge on any atom is -0.352 e. The molecule has 9 heteroatoms. The van der Waals surface area contributed by atoms with Crippen molar-refractivity contribution in [2.45, 2.75) is 18.8 Å². The molecule has 1 saturated heterocycles. The number of carbonyl (C=O) groups is 1. The number of anilines is 1. The van der Waals surface area contributed by atoms with Crippen molar-refractivity contribution in [3.63, 3.8) is 0 Å². The zero-order valence-electron chi connectivity index (χ0n) is 17.0. The number of nitrogens with zero attached hydrogens (tertiary/aromatic N) is 4. The topological polar surface area (TPSA) is 95.5 Å². The lowest BCUT2D eigenvalue weighted by Gasteiger charge is -2.18. The van der Waals surface area contributed by atoms with Crippen molar-refractivity contribution in [1.29, 1.82) is 0 Å². The van der Waals surface area contributed by atoms with E-state index in [0.29, 0.717) is 43.3 Å². The summed E-state index contributed by atoms with van der Waals surface area (Å²) in [7, 11) is 0.390. The van der Waals surface area contributed by atoms with Crippen molar-refractivity contribution in [3.05, 3.63) is 53.3 Å². The summed E-state index contributed by atoms with van der Waals surface area (Å²) in [6, 6.07) is 9.93. The van der Waals surface area contributed by atoms with E-state index in [2.05, 4.69) is 15.3 Å². The molecule has 2 aromatic rings. The molecule has 1 aromatic carbocycles. The quantitative estimate of drug-likeness (QED) is 0.729. The number of hydrogen-bond acceptors (Lipinski definition) is 6. The molecule has 0 aliphatic carbocycles. The van der Waals surface area contributed by atoms with Gasteiger partial charge in [0.25, 0.3) is 5.91 Å². The number of carbonyl (C=O) groups excluding carboxylic acids is 1. The van der Waals surface area contributed by atoms with Gasteiger partial charge in [0.2, 0.25) is 16.0 Å². The van der Waals surface area contributed by atoms with Gasteiger partial charge in [-0.3, -0.25) is 4.79 Å². The third-order valence-corrected chi connectivity index (χ3v) is 6.27. The van der Waals surface area contributed by atoms with Crippen LogP contribution in [0.1, 0.15) is 34.0 Å². The lowest BCUT2D eigenvalue weighted by Crippen LogP contribution is -2.30. The number of benzene rings is 1. The number of sulfonamides is 1. The zero-order valence-corrected chi connectivity index (χ0v) is 17.8. The van der Waals surface area contributed by atoms with Crippen molar-refractivity contribution in [1.82, 2.24) is 19.6 Å². The zero-order chi connectivity index (χ0) is 21.0. The summed E-state index contributed by atoms with van der Waals surface area (Å²) in [5.74, 6) is 0.124. The first-order valence-corrected chi connectivity index (χ1v) is 11.4. The molecular formula is C20H27N5O3S. The highest BCUT2D eigenvalue weighted by Crippen LogP contribution is 2.30. The van der Waals surface area contributed by atoms with Crippen LogP contribution in [-0.4, -0.2) is 68.6 Å². The number of rotatable bonds is 7. The van der Waals surface area contributed by atoms with Crippen LogP contribution in [0.3, 0.4) is 0 Å². The summed E-state index contributed by atoms with van der Waals surface area (Å²) < 4.78 is 25.2. The Morgan fingerprint density at radius 1 is 1.28 bits per heavy atom. The first kappa shape index (κ1) is 21.2. The molecule has 1 aromatic heterocycles. The Morgan fingerprint density at radius 2 is 2.00 bits per heavy atom. The van der Waals surface area contributed by atoms with Gasteiger partial charge in [0.1, 0.15) is 0 Å². The average Bonchev–Trinajstić information content (AvgIpc) is 3.19. The molecule has 156 valence electrons. The summed E-state index contributed by atoms with van der Waals surface area (Å²) >= 11 is 0. The highest BCUT2D eigenvalue weighted by Gasteiger charge is 2.33. The molecule has 1 aliphatic heterocycles. The predicted octanol–water partition coefficient (Wildman–Crippen LogP) is 1.26. The van der Waals surface area contributed by atoms with E-state index in [-0.39, 0.29) is 11.8 Å². The van der Waals surface area contributed by atoms with Crippen molar-refractivity contribution >= 4 is 21.9 Å². The van der Waals surface area contributed by atoms with Crippen molar-refractivity contribution < 1.29 is 13.2 Å². The molecule has 2 heterocycles. The van der Waals surface area contributed by atoms with E-state index in [4.69, 9.17) is 0 Å². The number of aromatic nitrogens is 2. The Morgan fingerprint density at radius 3 is 2.62 bits per heavy atom. The first-order valence-electron chi connectivity index (χ1n) is 9.57. The average molecular weight is 418 g/mol. The smallest absolute Gasteiger partial charge is 0.254 e. The van der Waals surface area contributed by atoms with Gasteiger partial charge >= 0.3 is 0 Å². The summed E-state index contributed by atoms with van der Waals surface area (Å²) in [4.78, 5) is 23.5. The fourth-order valence-corrected chi connectivity index (χ4v) is 4.29. The second kappa shape index (κ2) is 8.87. The maximum absolute atomic E-state index is 12.8. The van der Waals surface area contributed by atoms with Gasteiger partial charge in [-0.05, 0) is 18.4 Å². The van der Waals surface area contributed by atoms with E-state index in [1.165, 1.54) is 10.6 Å². The number of amides is 1. The Balaban J connectivity index is 1.77. The third-order valence-electron chi connectivity index (χ3n) is 5.00. The van der Waals surface area contributed by atoms with E-state index in [1.807, 2.05) is 44.4 Å². The van der Waals surface area contributed by atoms with Crippen LogP contribution in [-0.2, 0) is 16.4 Å². The molecule has 1 amide bonds. The fraction of sp³-hybridized carbons (Fsp3) is 0.450. The minimum atomic E-state index is -3.27. The van der Waals surface area contributed by atoms with Gasteiger partial charge in [0, 0.05) is 45.8 Å². The van der Waals surface area contributed by atoms with E-state index in [1.54, 1.807) is 11.1 Å². The number of nitrogens with one attached hydrogen (secondary N) is 1. The van der Waals surface area contributed by atoms with Gasteiger partial charge in [0.15, 0.2) is 0 Å². The monoisotopic (exact) mass is 417 g/mol. The van der Waals surface area contributed by atoms with Crippen molar-refractivity contribution in [3.8, 4) is 0 Å². The van der Waals surface area contributed by atoms with Crippen LogP contribution in [0, 0.1) is 0 Å². The van der Waals surface area contributed by atoms with Crippen LogP contribution in [0.2, 0.25) is 0 Å².